The molecule has 38 heavy (non-hydrogen) atoms. The van der Waals surface area contributed by atoms with E-state index in [1.54, 1.807) is 21.1 Å². The third-order valence-corrected chi connectivity index (χ3v) is 5.97. The summed E-state index contributed by atoms with van der Waals surface area (Å²) in [5.41, 5.74) is 2.25. The van der Waals surface area contributed by atoms with Gasteiger partial charge in [-0.3, -0.25) is 9.59 Å². The van der Waals surface area contributed by atoms with E-state index in [0.29, 0.717) is 25.4 Å². The lowest BCUT2D eigenvalue weighted by molar-refractivity contribution is -0.126. The van der Waals surface area contributed by atoms with Crippen molar-refractivity contribution in [1.82, 2.24) is 0 Å². The van der Waals surface area contributed by atoms with E-state index in [4.69, 9.17) is 14.2 Å². The van der Waals surface area contributed by atoms with Crippen molar-refractivity contribution in [3.05, 3.63) is 59.2 Å². The number of carbonyl (C=O) groups excluding carboxylic acids is 2. The van der Waals surface area contributed by atoms with Crippen LogP contribution in [0.15, 0.2) is 42.5 Å². The molecule has 2 aromatic carbocycles. The minimum absolute atomic E-state index is 0.188. The van der Waals surface area contributed by atoms with Crippen LogP contribution in [0, 0.1) is 10.8 Å². The minimum Gasteiger partial charge on any atom is -0.497 e. The van der Waals surface area contributed by atoms with Crippen molar-refractivity contribution in [3.63, 3.8) is 0 Å². The molecular formula is C32H48O6. The lowest BCUT2D eigenvalue weighted by Gasteiger charge is -2.19. The third kappa shape index (κ3) is 12.7. The molecule has 0 radical (unpaired) electrons. The normalized spacial score (nSPS) is 15.2. The van der Waals surface area contributed by atoms with Crippen LogP contribution in [-0.4, -0.2) is 49.7 Å². The smallest absolute Gasteiger partial charge is 0.142 e. The number of aliphatic hydroxyl groups excluding tert-OH is 1. The number of epoxide rings is 1. The van der Waals surface area contributed by atoms with Gasteiger partial charge >= 0.3 is 0 Å². The molecule has 212 valence electrons. The number of rotatable bonds is 8. The van der Waals surface area contributed by atoms with Gasteiger partial charge in [0.1, 0.15) is 23.1 Å². The molecule has 6 heteroatoms. The summed E-state index contributed by atoms with van der Waals surface area (Å²) in [6.45, 7) is 16.4. The minimum atomic E-state index is -0.459. The highest BCUT2D eigenvalue weighted by Crippen LogP contribution is 2.27. The summed E-state index contributed by atoms with van der Waals surface area (Å²) in [5, 5.41) is 9.60. The van der Waals surface area contributed by atoms with Gasteiger partial charge in [-0.1, -0.05) is 65.8 Å². The van der Waals surface area contributed by atoms with Crippen LogP contribution in [0.4, 0.5) is 0 Å². The van der Waals surface area contributed by atoms with E-state index in [1.807, 2.05) is 84.0 Å². The maximum Gasteiger partial charge on any atom is 0.142 e. The van der Waals surface area contributed by atoms with Crippen LogP contribution in [-0.2, 0) is 33.6 Å². The SMILES string of the molecule is CC1CO1.COc1cccc(CC(=O)C(C)(C)C)c1.COc1cccc(CC(=O)C(C)(C)C)c1CC(C)O. The molecule has 6 nitrogen and oxygen atoms in total. The Bertz CT molecular complexity index is 1020. The van der Waals surface area contributed by atoms with Crippen LogP contribution in [0.3, 0.4) is 0 Å². The number of carbonyl (C=O) groups is 2. The molecule has 0 amide bonds. The standard InChI is InChI=1S/C16H24O3.C13H18O2.C3H6O/c1-11(17)9-13-12(7-6-8-14(13)19-5)10-15(18)16(2,3)4;1-13(2,3)12(14)9-10-6-5-7-11(8-10)15-4;1-3-2-4-3/h6-8,11,17H,9-10H2,1-5H3;5-8H,9H2,1-4H3;3H,2H2,1H3. The molecule has 0 aromatic heterocycles. The van der Waals surface area contributed by atoms with Gasteiger partial charge in [0.15, 0.2) is 0 Å². The Morgan fingerprint density at radius 3 is 1.92 bits per heavy atom. The number of aliphatic hydroxyl groups is 1. The van der Waals surface area contributed by atoms with E-state index in [9.17, 15) is 14.7 Å². The van der Waals surface area contributed by atoms with E-state index >= 15 is 0 Å². The Morgan fingerprint density at radius 2 is 1.47 bits per heavy atom. The van der Waals surface area contributed by atoms with Gasteiger partial charge in [0, 0.05) is 35.7 Å². The lowest BCUT2D eigenvalue weighted by atomic mass is 9.85. The van der Waals surface area contributed by atoms with Crippen LogP contribution < -0.4 is 9.47 Å². The van der Waals surface area contributed by atoms with E-state index in [2.05, 4.69) is 6.92 Å². The van der Waals surface area contributed by atoms with Crippen molar-refractivity contribution in [2.75, 3.05) is 20.8 Å². The third-order valence-electron chi connectivity index (χ3n) is 5.97. The maximum atomic E-state index is 12.2. The largest absolute Gasteiger partial charge is 0.497 e. The second-order valence-electron chi connectivity index (χ2n) is 11.8. The first-order valence-electron chi connectivity index (χ1n) is 13.2. The first kappa shape index (κ1) is 33.3. The first-order chi connectivity index (χ1) is 17.6. The average molecular weight is 529 g/mol. The monoisotopic (exact) mass is 528 g/mol. The Hall–Kier alpha value is -2.70. The number of benzene rings is 2. The molecule has 3 rings (SSSR count). The Morgan fingerprint density at radius 1 is 0.947 bits per heavy atom. The Labute approximate surface area is 229 Å². The van der Waals surface area contributed by atoms with Gasteiger partial charge < -0.3 is 19.3 Å². The zero-order valence-corrected chi connectivity index (χ0v) is 25.0. The zero-order chi connectivity index (χ0) is 29.1. The number of Topliss-reactive ketones (excluding diaryl/α,β-unsaturated/α-hetero) is 2. The fourth-order valence-electron chi connectivity index (χ4n) is 3.26. The quantitative estimate of drug-likeness (QED) is 0.421. The van der Waals surface area contributed by atoms with Gasteiger partial charge in [-0.25, -0.2) is 0 Å². The molecule has 2 unspecified atom stereocenters. The van der Waals surface area contributed by atoms with Gasteiger partial charge in [-0.05, 0) is 43.2 Å². The molecule has 0 aliphatic carbocycles. The van der Waals surface area contributed by atoms with Crippen LogP contribution in [0.25, 0.3) is 0 Å². The molecule has 1 aliphatic heterocycles. The van der Waals surface area contributed by atoms with Crippen molar-refractivity contribution in [2.24, 2.45) is 10.8 Å². The number of hydrogen-bond acceptors (Lipinski definition) is 6. The van der Waals surface area contributed by atoms with Crippen molar-refractivity contribution in [2.45, 2.75) is 86.9 Å². The second kappa shape index (κ2) is 15.0. The number of ether oxygens (including phenoxy) is 3. The zero-order valence-electron chi connectivity index (χ0n) is 25.0. The number of ketones is 2. The molecule has 0 spiro atoms. The van der Waals surface area contributed by atoms with Gasteiger partial charge in [-0.2, -0.15) is 0 Å². The van der Waals surface area contributed by atoms with Gasteiger partial charge in [0.05, 0.1) is 33.0 Å². The van der Waals surface area contributed by atoms with E-state index in [1.165, 1.54) is 0 Å². The molecule has 1 saturated heterocycles. The molecule has 1 fully saturated rings. The maximum absolute atomic E-state index is 12.2. The molecular weight excluding hydrogens is 480 g/mol. The van der Waals surface area contributed by atoms with Gasteiger partial charge in [0.25, 0.3) is 0 Å². The van der Waals surface area contributed by atoms with Crippen LogP contribution >= 0.6 is 0 Å². The highest BCUT2D eigenvalue weighted by atomic mass is 16.6. The molecule has 1 aliphatic rings. The number of methoxy groups -OCH3 is 2. The summed E-state index contributed by atoms with van der Waals surface area (Å²) in [6.07, 6.45) is 1.47. The predicted octanol–water partition coefficient (Wildman–Crippen LogP) is 6.03. The summed E-state index contributed by atoms with van der Waals surface area (Å²) in [6, 6.07) is 13.3. The van der Waals surface area contributed by atoms with E-state index in [0.717, 1.165) is 34.8 Å². The Balaban J connectivity index is 0.000000336. The first-order valence-corrected chi connectivity index (χ1v) is 13.2. The fourth-order valence-corrected chi connectivity index (χ4v) is 3.26. The highest BCUT2D eigenvalue weighted by molar-refractivity contribution is 5.86. The molecule has 1 N–H and O–H groups in total. The predicted molar refractivity (Wildman–Crippen MR) is 153 cm³/mol. The molecule has 1 heterocycles. The highest BCUT2D eigenvalue weighted by Gasteiger charge is 2.23. The fraction of sp³-hybridized carbons (Fsp3) is 0.562. The summed E-state index contributed by atoms with van der Waals surface area (Å²) >= 11 is 0. The molecule has 0 saturated carbocycles. The van der Waals surface area contributed by atoms with Crippen molar-refractivity contribution >= 4 is 11.6 Å². The molecule has 2 atom stereocenters. The molecule has 2 aromatic rings. The number of hydrogen-bond donors (Lipinski definition) is 1. The Kier molecular flexibility index (Phi) is 13.2. The average Bonchev–Trinajstić information content (AvgIpc) is 3.61. The second-order valence-corrected chi connectivity index (χ2v) is 11.8. The summed E-state index contributed by atoms with van der Waals surface area (Å²) < 4.78 is 15.2. The van der Waals surface area contributed by atoms with E-state index in [-0.39, 0.29) is 22.4 Å². The van der Waals surface area contributed by atoms with Crippen LogP contribution in [0.2, 0.25) is 0 Å². The van der Waals surface area contributed by atoms with Crippen LogP contribution in [0.5, 0.6) is 11.5 Å². The van der Waals surface area contributed by atoms with Crippen molar-refractivity contribution in [1.29, 1.82) is 0 Å². The summed E-state index contributed by atoms with van der Waals surface area (Å²) in [7, 11) is 3.24. The van der Waals surface area contributed by atoms with Crippen LogP contribution in [0.1, 0.15) is 72.1 Å². The van der Waals surface area contributed by atoms with Crippen molar-refractivity contribution in [3.8, 4) is 11.5 Å². The summed E-state index contributed by atoms with van der Waals surface area (Å²) in [4.78, 5) is 24.0. The van der Waals surface area contributed by atoms with Gasteiger partial charge in [0.2, 0.25) is 0 Å². The lowest BCUT2D eigenvalue weighted by Crippen LogP contribution is -2.23. The van der Waals surface area contributed by atoms with Gasteiger partial charge in [-0.15, -0.1) is 0 Å². The topological polar surface area (TPSA) is 85.4 Å². The summed E-state index contributed by atoms with van der Waals surface area (Å²) in [5.74, 6) is 1.97. The molecule has 0 bridgehead atoms. The van der Waals surface area contributed by atoms with Crippen molar-refractivity contribution < 1.29 is 28.9 Å². The van der Waals surface area contributed by atoms with E-state index < -0.39 is 6.10 Å².